The fourth-order valence-corrected chi connectivity index (χ4v) is 1.66. The molecule has 4 heteroatoms. The molecular weight excluding hydrogens is 268 g/mol. The Morgan fingerprint density at radius 3 is 2.48 bits per heavy atom. The van der Waals surface area contributed by atoms with Gasteiger partial charge in [-0.2, -0.15) is 0 Å². The van der Waals surface area contributed by atoms with Gasteiger partial charge < -0.3 is 14.2 Å². The topological polar surface area (TPSA) is 44.8 Å². The third kappa shape index (κ3) is 9.21. The first-order valence-corrected chi connectivity index (χ1v) is 7.32. The molecule has 0 amide bonds. The summed E-state index contributed by atoms with van der Waals surface area (Å²) in [6, 6.07) is 10.0. The number of rotatable bonds is 8. The molecule has 1 aromatic carbocycles. The van der Waals surface area contributed by atoms with Crippen LogP contribution in [0.4, 0.5) is 0 Å². The Hall–Kier alpha value is -1.39. The van der Waals surface area contributed by atoms with Crippen LogP contribution in [0.3, 0.4) is 0 Å². The Labute approximate surface area is 127 Å². The average molecular weight is 294 g/mol. The normalized spacial score (nSPS) is 13.0. The van der Waals surface area contributed by atoms with E-state index in [1.165, 1.54) is 0 Å². The Morgan fingerprint density at radius 2 is 1.86 bits per heavy atom. The summed E-state index contributed by atoms with van der Waals surface area (Å²) in [6.45, 7) is 8.90. The van der Waals surface area contributed by atoms with Gasteiger partial charge in [0.2, 0.25) is 0 Å². The molecule has 118 valence electrons. The lowest BCUT2D eigenvalue weighted by Gasteiger charge is -2.19. The van der Waals surface area contributed by atoms with E-state index in [1.807, 2.05) is 58.0 Å². The Kier molecular flexibility index (Phi) is 7.40. The third-order valence-electron chi connectivity index (χ3n) is 2.60. The van der Waals surface area contributed by atoms with Crippen molar-refractivity contribution in [2.75, 3.05) is 13.2 Å². The monoisotopic (exact) mass is 294 g/mol. The van der Waals surface area contributed by atoms with Gasteiger partial charge in [-0.1, -0.05) is 30.3 Å². The Balaban J connectivity index is 2.08. The molecule has 0 aliphatic carbocycles. The highest BCUT2D eigenvalue weighted by molar-refractivity contribution is 5.69. The number of hydrogen-bond acceptors (Lipinski definition) is 4. The van der Waals surface area contributed by atoms with Crippen LogP contribution in [0, 0.1) is 0 Å². The van der Waals surface area contributed by atoms with Gasteiger partial charge in [0, 0.05) is 0 Å². The molecule has 0 heterocycles. The van der Waals surface area contributed by atoms with Crippen LogP contribution in [0.15, 0.2) is 30.3 Å². The van der Waals surface area contributed by atoms with Gasteiger partial charge in [-0.25, -0.2) is 0 Å². The first-order valence-electron chi connectivity index (χ1n) is 7.32. The predicted molar refractivity (Wildman–Crippen MR) is 82.0 cm³/mol. The minimum absolute atomic E-state index is 0.0103. The molecule has 0 bridgehead atoms. The predicted octanol–water partition coefficient (Wildman–Crippen LogP) is 3.34. The summed E-state index contributed by atoms with van der Waals surface area (Å²) in [5.41, 5.74) is 0.696. The van der Waals surface area contributed by atoms with E-state index < -0.39 is 5.60 Å². The molecule has 1 atom stereocenters. The summed E-state index contributed by atoms with van der Waals surface area (Å²) in [5, 5.41) is 0. The third-order valence-corrected chi connectivity index (χ3v) is 2.60. The summed E-state index contributed by atoms with van der Waals surface area (Å²) in [5.74, 6) is -0.236. The van der Waals surface area contributed by atoms with Gasteiger partial charge in [0.25, 0.3) is 0 Å². The van der Waals surface area contributed by atoms with Gasteiger partial charge in [0.15, 0.2) is 0 Å². The van der Waals surface area contributed by atoms with Crippen molar-refractivity contribution in [3.05, 3.63) is 35.9 Å². The number of carbonyl (C=O) groups excluding carboxylic acids is 1. The maximum Gasteiger partial charge on any atom is 0.308 e. The second kappa shape index (κ2) is 8.80. The molecule has 0 aliphatic heterocycles. The van der Waals surface area contributed by atoms with Crippen LogP contribution in [0.2, 0.25) is 0 Å². The minimum atomic E-state index is -0.441. The van der Waals surface area contributed by atoms with E-state index in [1.54, 1.807) is 0 Å². The van der Waals surface area contributed by atoms with Gasteiger partial charge in [-0.15, -0.1) is 0 Å². The standard InChI is InChI=1S/C17H26O4/c1-14(20-13-15-8-6-5-7-9-15)12-19-11-10-16(18)21-17(2,3)4/h5-9,14H,10-13H2,1-4H3/t14-/m0/s1. The van der Waals surface area contributed by atoms with E-state index in [4.69, 9.17) is 14.2 Å². The maximum atomic E-state index is 11.5. The van der Waals surface area contributed by atoms with Crippen molar-refractivity contribution in [3.8, 4) is 0 Å². The summed E-state index contributed by atoms with van der Waals surface area (Å²) in [7, 11) is 0. The van der Waals surface area contributed by atoms with E-state index in [0.717, 1.165) is 5.56 Å². The van der Waals surface area contributed by atoms with Crippen LogP contribution in [0.1, 0.15) is 39.7 Å². The fraction of sp³-hybridized carbons (Fsp3) is 0.588. The highest BCUT2D eigenvalue weighted by atomic mass is 16.6. The van der Waals surface area contributed by atoms with Crippen molar-refractivity contribution < 1.29 is 19.0 Å². The zero-order chi connectivity index (χ0) is 15.7. The molecular formula is C17H26O4. The van der Waals surface area contributed by atoms with Gasteiger partial charge >= 0.3 is 5.97 Å². The van der Waals surface area contributed by atoms with Crippen molar-refractivity contribution in [1.82, 2.24) is 0 Å². The van der Waals surface area contributed by atoms with Crippen molar-refractivity contribution in [2.24, 2.45) is 0 Å². The molecule has 4 nitrogen and oxygen atoms in total. The van der Waals surface area contributed by atoms with Crippen LogP contribution < -0.4 is 0 Å². The molecule has 0 spiro atoms. The highest BCUT2D eigenvalue weighted by Crippen LogP contribution is 2.08. The van der Waals surface area contributed by atoms with Crippen LogP contribution in [-0.2, 0) is 25.6 Å². The van der Waals surface area contributed by atoms with Crippen molar-refractivity contribution >= 4 is 5.97 Å². The number of ether oxygens (including phenoxy) is 3. The van der Waals surface area contributed by atoms with E-state index in [9.17, 15) is 4.79 Å². The molecule has 0 unspecified atom stereocenters. The van der Waals surface area contributed by atoms with Gasteiger partial charge in [0.1, 0.15) is 5.60 Å². The zero-order valence-electron chi connectivity index (χ0n) is 13.4. The number of carbonyl (C=O) groups is 1. The van der Waals surface area contributed by atoms with Crippen molar-refractivity contribution in [3.63, 3.8) is 0 Å². The summed E-state index contributed by atoms with van der Waals surface area (Å²) >= 11 is 0. The molecule has 0 N–H and O–H groups in total. The summed E-state index contributed by atoms with van der Waals surface area (Å²) in [4.78, 5) is 11.5. The summed E-state index contributed by atoms with van der Waals surface area (Å²) < 4.78 is 16.3. The van der Waals surface area contributed by atoms with Crippen LogP contribution >= 0.6 is 0 Å². The van der Waals surface area contributed by atoms with Crippen molar-refractivity contribution in [1.29, 1.82) is 0 Å². The Bertz CT molecular complexity index is 409. The first kappa shape index (κ1) is 17.7. The number of esters is 1. The largest absolute Gasteiger partial charge is 0.460 e. The van der Waals surface area contributed by atoms with Gasteiger partial charge in [0.05, 0.1) is 32.3 Å². The van der Waals surface area contributed by atoms with E-state index in [0.29, 0.717) is 19.8 Å². The lowest BCUT2D eigenvalue weighted by Crippen LogP contribution is -2.25. The van der Waals surface area contributed by atoms with Crippen LogP contribution in [0.5, 0.6) is 0 Å². The molecule has 0 aliphatic rings. The lowest BCUT2D eigenvalue weighted by molar-refractivity contribution is -0.156. The number of benzene rings is 1. The van der Waals surface area contributed by atoms with E-state index in [2.05, 4.69) is 0 Å². The van der Waals surface area contributed by atoms with E-state index in [-0.39, 0.29) is 18.5 Å². The molecule has 0 saturated heterocycles. The zero-order valence-corrected chi connectivity index (χ0v) is 13.4. The van der Waals surface area contributed by atoms with Gasteiger partial charge in [-0.05, 0) is 33.3 Å². The van der Waals surface area contributed by atoms with Gasteiger partial charge in [-0.3, -0.25) is 4.79 Å². The first-order chi connectivity index (χ1) is 9.87. The molecule has 0 fully saturated rings. The molecule has 1 aromatic rings. The molecule has 0 saturated carbocycles. The van der Waals surface area contributed by atoms with Crippen LogP contribution in [-0.4, -0.2) is 30.9 Å². The second-order valence-corrected chi connectivity index (χ2v) is 6.02. The SMILES string of the molecule is C[C@@H](COCCC(=O)OC(C)(C)C)OCc1ccccc1. The van der Waals surface area contributed by atoms with E-state index >= 15 is 0 Å². The van der Waals surface area contributed by atoms with Crippen molar-refractivity contribution in [2.45, 2.75) is 52.4 Å². The quantitative estimate of drug-likeness (QED) is 0.545. The van der Waals surface area contributed by atoms with Crippen LogP contribution in [0.25, 0.3) is 0 Å². The fourth-order valence-electron chi connectivity index (χ4n) is 1.66. The molecule has 1 rings (SSSR count). The highest BCUT2D eigenvalue weighted by Gasteiger charge is 2.15. The number of hydrogen-bond donors (Lipinski definition) is 0. The summed E-state index contributed by atoms with van der Waals surface area (Å²) in [6.07, 6.45) is 0.256. The smallest absolute Gasteiger partial charge is 0.308 e. The Morgan fingerprint density at radius 1 is 1.19 bits per heavy atom. The maximum absolute atomic E-state index is 11.5. The molecule has 21 heavy (non-hydrogen) atoms. The minimum Gasteiger partial charge on any atom is -0.460 e. The molecule has 0 aromatic heterocycles. The lowest BCUT2D eigenvalue weighted by atomic mass is 10.2. The second-order valence-electron chi connectivity index (χ2n) is 6.02. The average Bonchev–Trinajstić information content (AvgIpc) is 2.40. The molecule has 0 radical (unpaired) electrons.